The first-order valence-corrected chi connectivity index (χ1v) is 14.0. The maximum absolute atomic E-state index is 13.9. The molecule has 0 bridgehead atoms. The van der Waals surface area contributed by atoms with Crippen LogP contribution in [-0.4, -0.2) is 55.1 Å². The molecule has 1 fully saturated rings. The highest BCUT2D eigenvalue weighted by Crippen LogP contribution is 2.41. The van der Waals surface area contributed by atoms with E-state index in [0.29, 0.717) is 16.6 Å². The summed E-state index contributed by atoms with van der Waals surface area (Å²) in [5.74, 6) is -4.50. The largest absolute Gasteiger partial charge is 0.389 e. The number of hydrogen-bond donors (Lipinski definition) is 3. The Morgan fingerprint density at radius 2 is 1.75 bits per heavy atom. The van der Waals surface area contributed by atoms with Crippen molar-refractivity contribution in [1.29, 1.82) is 0 Å². The number of halogens is 8. The van der Waals surface area contributed by atoms with Gasteiger partial charge >= 0.3 is 12.4 Å². The molecule has 1 saturated carbocycles. The normalized spacial score (nSPS) is 17.4. The average molecular weight is 638 g/mol. The summed E-state index contributed by atoms with van der Waals surface area (Å²) in [5, 5.41) is 12.7. The number of carbonyl (C=O) groups is 2. The molecule has 0 unspecified atom stereocenters. The highest BCUT2D eigenvalue weighted by molar-refractivity contribution is 5.92. The van der Waals surface area contributed by atoms with Gasteiger partial charge < -0.3 is 15.6 Å². The Labute approximate surface area is 246 Å². The number of aryl methyl sites for hydroxylation is 1. The molecule has 2 amide bonds. The van der Waals surface area contributed by atoms with Gasteiger partial charge in [-0.1, -0.05) is 11.3 Å². The summed E-state index contributed by atoms with van der Waals surface area (Å²) in [5.41, 5.74) is 1.32. The number of benzene rings is 1. The van der Waals surface area contributed by atoms with E-state index in [1.54, 1.807) is 25.1 Å². The van der Waals surface area contributed by atoms with Gasteiger partial charge in [-0.2, -0.15) is 26.3 Å². The van der Waals surface area contributed by atoms with Gasteiger partial charge in [0.25, 0.3) is 5.91 Å². The fraction of sp³-hybridized carbons (Fsp3) is 0.593. The molecule has 2 atom stereocenters. The zero-order chi connectivity index (χ0) is 32.3. The van der Waals surface area contributed by atoms with E-state index in [2.05, 4.69) is 30.9 Å². The quantitative estimate of drug-likeness (QED) is 0.213. The molecule has 3 N–H and O–H groups in total. The van der Waals surface area contributed by atoms with Gasteiger partial charge in [0, 0.05) is 32.2 Å². The lowest BCUT2D eigenvalue weighted by molar-refractivity contribution is -0.144. The molecule has 44 heavy (non-hydrogen) atoms. The van der Waals surface area contributed by atoms with Crippen molar-refractivity contribution >= 4 is 22.8 Å². The summed E-state index contributed by atoms with van der Waals surface area (Å²) >= 11 is 0. The summed E-state index contributed by atoms with van der Waals surface area (Å²) < 4.78 is 104. The van der Waals surface area contributed by atoms with Crippen molar-refractivity contribution < 1.29 is 44.7 Å². The van der Waals surface area contributed by atoms with Crippen molar-refractivity contribution in [2.75, 3.05) is 0 Å². The molecule has 0 aliphatic heterocycles. The van der Waals surface area contributed by atoms with E-state index in [1.165, 1.54) is 6.20 Å². The SMILES string of the molecule is C[C@@H](NC(=O)CCC(F)(F)F)c1ccc2nc([C@@H](NC(=O)c3cn(CCCC(F)(F)F)nn3)C3CCC(F)(F)CC3)[nH]c2c1. The van der Waals surface area contributed by atoms with E-state index < -0.39 is 80.2 Å². The van der Waals surface area contributed by atoms with E-state index in [9.17, 15) is 44.7 Å². The highest BCUT2D eigenvalue weighted by atomic mass is 19.4. The Hall–Kier alpha value is -3.79. The van der Waals surface area contributed by atoms with Gasteiger partial charge in [-0.15, -0.1) is 5.10 Å². The molecule has 17 heteroatoms. The zero-order valence-electron chi connectivity index (χ0n) is 23.5. The maximum Gasteiger partial charge on any atom is 0.389 e. The summed E-state index contributed by atoms with van der Waals surface area (Å²) in [6.45, 7) is 1.49. The van der Waals surface area contributed by atoms with Gasteiger partial charge in [0.15, 0.2) is 5.69 Å². The third-order valence-corrected chi connectivity index (χ3v) is 7.47. The second kappa shape index (κ2) is 13.1. The first-order chi connectivity index (χ1) is 20.5. The number of nitrogens with zero attached hydrogens (tertiary/aromatic N) is 4. The Morgan fingerprint density at radius 3 is 2.41 bits per heavy atom. The number of hydrogen-bond acceptors (Lipinski definition) is 5. The number of rotatable bonds is 11. The number of aromatic nitrogens is 5. The molecule has 0 radical (unpaired) electrons. The molecular weight excluding hydrogens is 606 g/mol. The number of nitrogens with one attached hydrogen (secondary N) is 3. The standard InChI is InChI=1S/C27H31F8N7O2/c1-15(36-21(43)7-11-27(33,34)35)17-3-4-18-19(13-17)38-23(37-18)22(16-5-9-25(28,29)10-6-16)39-24(44)20-14-42(41-40-20)12-2-8-26(30,31)32/h3-4,13-16,22H,2,5-12H2,1H3,(H,36,43)(H,37,38)(H,39,44)/t15-,22+/m1/s1. The Kier molecular flexibility index (Phi) is 9.83. The fourth-order valence-corrected chi connectivity index (χ4v) is 5.09. The minimum Gasteiger partial charge on any atom is -0.350 e. The molecule has 3 aromatic rings. The molecule has 0 spiro atoms. The Morgan fingerprint density at radius 1 is 1.07 bits per heavy atom. The average Bonchev–Trinajstić information content (AvgIpc) is 3.56. The zero-order valence-corrected chi connectivity index (χ0v) is 23.5. The van der Waals surface area contributed by atoms with Gasteiger partial charge in [-0.05, 0) is 49.8 Å². The molecule has 242 valence electrons. The first-order valence-electron chi connectivity index (χ1n) is 14.0. The van der Waals surface area contributed by atoms with Crippen LogP contribution in [-0.2, 0) is 11.3 Å². The van der Waals surface area contributed by atoms with Crippen molar-refractivity contribution in [2.45, 2.75) is 95.2 Å². The lowest BCUT2D eigenvalue weighted by Crippen LogP contribution is -2.37. The predicted octanol–water partition coefficient (Wildman–Crippen LogP) is 6.31. The van der Waals surface area contributed by atoms with Crippen LogP contribution >= 0.6 is 0 Å². The molecule has 1 aromatic carbocycles. The van der Waals surface area contributed by atoms with Crippen LogP contribution in [0.15, 0.2) is 24.4 Å². The molecule has 9 nitrogen and oxygen atoms in total. The molecule has 0 saturated heterocycles. The van der Waals surface area contributed by atoms with Crippen LogP contribution in [0.1, 0.15) is 92.3 Å². The van der Waals surface area contributed by atoms with E-state index in [1.807, 2.05) is 0 Å². The monoisotopic (exact) mass is 637 g/mol. The van der Waals surface area contributed by atoms with Gasteiger partial charge in [-0.3, -0.25) is 14.3 Å². The second-order valence-corrected chi connectivity index (χ2v) is 11.0. The Bertz CT molecular complexity index is 1440. The van der Waals surface area contributed by atoms with E-state index in [-0.39, 0.29) is 37.3 Å². The van der Waals surface area contributed by atoms with Crippen molar-refractivity contribution in [1.82, 2.24) is 35.6 Å². The van der Waals surface area contributed by atoms with Crippen molar-refractivity contribution in [3.63, 3.8) is 0 Å². The summed E-state index contributed by atoms with van der Waals surface area (Å²) in [4.78, 5) is 32.7. The molecular formula is C27H31F8N7O2. The predicted molar refractivity (Wildman–Crippen MR) is 140 cm³/mol. The van der Waals surface area contributed by atoms with Crippen LogP contribution in [0.2, 0.25) is 0 Å². The third kappa shape index (κ3) is 9.35. The number of imidazole rings is 1. The summed E-state index contributed by atoms with van der Waals surface area (Å²) in [6.07, 6.45) is -11.5. The number of aromatic amines is 1. The third-order valence-electron chi connectivity index (χ3n) is 7.47. The number of carbonyl (C=O) groups excluding carboxylic acids is 2. The number of alkyl halides is 8. The van der Waals surface area contributed by atoms with E-state index in [0.717, 1.165) is 4.68 Å². The minimum atomic E-state index is -4.46. The minimum absolute atomic E-state index is 0.0748. The fourth-order valence-electron chi connectivity index (χ4n) is 5.09. The van der Waals surface area contributed by atoms with Crippen molar-refractivity contribution in [3.8, 4) is 0 Å². The number of fused-ring (bicyclic) bond motifs is 1. The molecule has 2 heterocycles. The Balaban J connectivity index is 1.51. The highest BCUT2D eigenvalue weighted by Gasteiger charge is 2.40. The van der Waals surface area contributed by atoms with Crippen LogP contribution in [0.4, 0.5) is 35.1 Å². The van der Waals surface area contributed by atoms with Gasteiger partial charge in [-0.25, -0.2) is 13.8 Å². The van der Waals surface area contributed by atoms with Gasteiger partial charge in [0.1, 0.15) is 5.82 Å². The topological polar surface area (TPSA) is 118 Å². The van der Waals surface area contributed by atoms with Crippen LogP contribution in [0, 0.1) is 5.92 Å². The first kappa shape index (κ1) is 33.1. The molecule has 1 aliphatic rings. The van der Waals surface area contributed by atoms with Crippen molar-refractivity contribution in [2.24, 2.45) is 5.92 Å². The van der Waals surface area contributed by atoms with Crippen molar-refractivity contribution in [3.05, 3.63) is 41.5 Å². The summed E-state index contributed by atoms with van der Waals surface area (Å²) in [7, 11) is 0. The number of H-pyrrole nitrogens is 1. The number of amides is 2. The van der Waals surface area contributed by atoms with Crippen LogP contribution in [0.3, 0.4) is 0 Å². The smallest absolute Gasteiger partial charge is 0.350 e. The van der Waals surface area contributed by atoms with Crippen LogP contribution < -0.4 is 10.6 Å². The van der Waals surface area contributed by atoms with Crippen LogP contribution in [0.25, 0.3) is 11.0 Å². The molecule has 4 rings (SSSR count). The second-order valence-electron chi connectivity index (χ2n) is 11.0. The van der Waals surface area contributed by atoms with Gasteiger partial charge in [0.05, 0.1) is 35.7 Å². The molecule has 2 aromatic heterocycles. The lowest BCUT2D eigenvalue weighted by Gasteiger charge is -2.33. The molecule has 1 aliphatic carbocycles. The summed E-state index contributed by atoms with van der Waals surface area (Å²) in [6, 6.07) is 3.39. The van der Waals surface area contributed by atoms with Crippen LogP contribution in [0.5, 0.6) is 0 Å². The van der Waals surface area contributed by atoms with E-state index >= 15 is 0 Å². The maximum atomic E-state index is 13.9. The van der Waals surface area contributed by atoms with E-state index in [4.69, 9.17) is 0 Å². The van der Waals surface area contributed by atoms with Gasteiger partial charge in [0.2, 0.25) is 11.8 Å². The lowest BCUT2D eigenvalue weighted by atomic mass is 9.81.